The van der Waals surface area contributed by atoms with E-state index in [-0.39, 0.29) is 10.8 Å². The highest BCUT2D eigenvalue weighted by Crippen LogP contribution is 2.20. The molecule has 2 heterocycles. The number of carbonyl (C=O) groups excluding carboxylic acids is 1. The number of aliphatic imine (C=N–C) groups is 1. The predicted octanol–water partition coefficient (Wildman–Crippen LogP) is 3.62. The van der Waals surface area contributed by atoms with E-state index in [0.717, 1.165) is 27.8 Å². The third-order valence-electron chi connectivity index (χ3n) is 5.49. The molecule has 0 aliphatic rings. The number of hydrogen-bond acceptors (Lipinski definition) is 7. The number of sulfone groups is 1. The number of nitrogen functional groups attached to an aromatic ring is 1. The van der Waals surface area contributed by atoms with E-state index in [1.165, 1.54) is 12.5 Å². The number of nitrogens with two attached hydrogens (primary N) is 1. The molecular weight excluding hydrogens is 462 g/mol. The molecule has 0 bridgehead atoms. The van der Waals surface area contributed by atoms with Crippen LogP contribution in [-0.4, -0.2) is 36.8 Å². The molecule has 3 rings (SSSR count). The van der Waals surface area contributed by atoms with Crippen molar-refractivity contribution < 1.29 is 13.2 Å². The zero-order chi connectivity index (χ0) is 25.8. The Balaban J connectivity index is 1.61. The van der Waals surface area contributed by atoms with Crippen molar-refractivity contribution in [1.29, 1.82) is 0 Å². The van der Waals surface area contributed by atoms with E-state index in [9.17, 15) is 13.2 Å². The summed E-state index contributed by atoms with van der Waals surface area (Å²) < 4.78 is 23.6. The van der Waals surface area contributed by atoms with E-state index in [4.69, 9.17) is 5.73 Å². The van der Waals surface area contributed by atoms with Gasteiger partial charge in [-0.2, -0.15) is 0 Å². The molecule has 0 radical (unpaired) electrons. The van der Waals surface area contributed by atoms with Gasteiger partial charge < -0.3 is 11.1 Å². The van der Waals surface area contributed by atoms with Gasteiger partial charge >= 0.3 is 0 Å². The lowest BCUT2D eigenvalue weighted by Crippen LogP contribution is -2.24. The monoisotopic (exact) mass is 491 g/mol. The van der Waals surface area contributed by atoms with E-state index in [0.29, 0.717) is 35.6 Å². The quantitative estimate of drug-likeness (QED) is 0.366. The van der Waals surface area contributed by atoms with Gasteiger partial charge in [-0.25, -0.2) is 13.4 Å². The van der Waals surface area contributed by atoms with Crippen molar-refractivity contribution in [3.8, 4) is 0 Å². The van der Waals surface area contributed by atoms with Crippen molar-refractivity contribution in [2.75, 3.05) is 12.0 Å². The first kappa shape index (κ1) is 25.8. The average Bonchev–Trinajstić information content (AvgIpc) is 2.77. The second-order valence-electron chi connectivity index (χ2n) is 8.45. The van der Waals surface area contributed by atoms with Crippen molar-refractivity contribution in [1.82, 2.24) is 15.3 Å². The summed E-state index contributed by atoms with van der Waals surface area (Å²) in [5.74, 6) is 0.249. The third-order valence-corrected chi connectivity index (χ3v) is 6.60. The highest BCUT2D eigenvalue weighted by Gasteiger charge is 2.10. The van der Waals surface area contributed by atoms with E-state index in [2.05, 4.69) is 26.9 Å². The standard InChI is InChI=1S/C26H29N5O3S/c1-16(26(32)30-15-23-17(2)10-25(27)31-19(23)4)8-9-28-18(3)11-20-12-21-13-22(35(5,33)34)6-7-24(21)29-14-20/h6-10,12-14H,3,11,15H2,1-2,4-5H3,(H2,27,31)(H,30,32)/b16-8+,28-9?. The smallest absolute Gasteiger partial charge is 0.247 e. The molecule has 3 aromatic rings. The topological polar surface area (TPSA) is 127 Å². The molecule has 1 amide bonds. The summed E-state index contributed by atoms with van der Waals surface area (Å²) in [6, 6.07) is 8.51. The van der Waals surface area contributed by atoms with Gasteiger partial charge in [-0.05, 0) is 73.9 Å². The van der Waals surface area contributed by atoms with Gasteiger partial charge in [0.1, 0.15) is 5.82 Å². The molecule has 35 heavy (non-hydrogen) atoms. The van der Waals surface area contributed by atoms with Crippen molar-refractivity contribution in [3.05, 3.63) is 82.8 Å². The maximum Gasteiger partial charge on any atom is 0.247 e. The minimum absolute atomic E-state index is 0.210. The molecule has 0 atom stereocenters. The first-order valence-electron chi connectivity index (χ1n) is 10.9. The molecule has 182 valence electrons. The molecule has 0 saturated carbocycles. The van der Waals surface area contributed by atoms with Gasteiger partial charge in [0.05, 0.1) is 10.4 Å². The average molecular weight is 492 g/mol. The fraction of sp³-hybridized carbons (Fsp3) is 0.231. The lowest BCUT2D eigenvalue weighted by Gasteiger charge is -2.11. The summed E-state index contributed by atoms with van der Waals surface area (Å²) in [5, 5.41) is 3.62. The van der Waals surface area contributed by atoms with Crippen molar-refractivity contribution in [3.63, 3.8) is 0 Å². The zero-order valence-corrected chi connectivity index (χ0v) is 21.1. The minimum atomic E-state index is -3.30. The Morgan fingerprint density at radius 2 is 1.97 bits per heavy atom. The number of nitrogens with zero attached hydrogens (tertiary/aromatic N) is 3. The van der Waals surface area contributed by atoms with Crippen molar-refractivity contribution in [2.24, 2.45) is 4.99 Å². The molecule has 2 aromatic heterocycles. The fourth-order valence-electron chi connectivity index (χ4n) is 3.56. The summed E-state index contributed by atoms with van der Waals surface area (Å²) in [4.78, 5) is 25.6. The Kier molecular flexibility index (Phi) is 7.81. The van der Waals surface area contributed by atoms with Gasteiger partial charge in [-0.15, -0.1) is 0 Å². The summed E-state index contributed by atoms with van der Waals surface area (Å²) in [6.07, 6.45) is 6.49. The van der Waals surface area contributed by atoms with Gasteiger partial charge in [0, 0.05) is 54.0 Å². The molecule has 0 saturated heterocycles. The number of aromatic nitrogens is 2. The summed E-state index contributed by atoms with van der Waals surface area (Å²) in [7, 11) is -3.30. The maximum atomic E-state index is 12.4. The van der Waals surface area contributed by atoms with Gasteiger partial charge in [0.2, 0.25) is 5.91 Å². The second kappa shape index (κ2) is 10.6. The van der Waals surface area contributed by atoms with Crippen LogP contribution in [0.15, 0.2) is 70.3 Å². The number of amides is 1. The van der Waals surface area contributed by atoms with Crippen molar-refractivity contribution in [2.45, 2.75) is 38.6 Å². The van der Waals surface area contributed by atoms with Crippen LogP contribution in [0, 0.1) is 13.8 Å². The molecule has 1 aromatic carbocycles. The number of anilines is 1. The van der Waals surface area contributed by atoms with Crippen LogP contribution >= 0.6 is 0 Å². The number of hydrogen-bond donors (Lipinski definition) is 2. The molecule has 0 aliphatic carbocycles. The fourth-order valence-corrected chi connectivity index (χ4v) is 4.21. The summed E-state index contributed by atoms with van der Waals surface area (Å²) in [6.45, 7) is 9.82. The SMILES string of the molecule is C=C(Cc1cnc2ccc(S(C)(=O)=O)cc2c1)N=C/C=C(\C)C(=O)NCc1c(C)cc(N)nc1C. The Labute approximate surface area is 205 Å². The molecule has 9 heteroatoms. The van der Waals surface area contributed by atoms with Crippen LogP contribution in [0.2, 0.25) is 0 Å². The van der Waals surface area contributed by atoms with E-state index < -0.39 is 9.84 Å². The summed E-state index contributed by atoms with van der Waals surface area (Å²) >= 11 is 0. The largest absolute Gasteiger partial charge is 0.384 e. The molecule has 0 spiro atoms. The maximum absolute atomic E-state index is 12.4. The van der Waals surface area contributed by atoms with E-state index >= 15 is 0 Å². The molecule has 0 aliphatic heterocycles. The number of nitrogens with one attached hydrogen (secondary N) is 1. The Morgan fingerprint density at radius 3 is 2.66 bits per heavy atom. The van der Waals surface area contributed by atoms with Gasteiger partial charge in [-0.3, -0.25) is 14.8 Å². The first-order valence-corrected chi connectivity index (χ1v) is 12.8. The number of rotatable bonds is 8. The Morgan fingerprint density at radius 1 is 1.23 bits per heavy atom. The van der Waals surface area contributed by atoms with Gasteiger partial charge in [0.15, 0.2) is 9.84 Å². The zero-order valence-electron chi connectivity index (χ0n) is 20.3. The van der Waals surface area contributed by atoms with Gasteiger partial charge in [0.25, 0.3) is 0 Å². The van der Waals surface area contributed by atoms with Crippen LogP contribution in [0.4, 0.5) is 5.82 Å². The molecule has 8 nitrogen and oxygen atoms in total. The number of fused-ring (bicyclic) bond motifs is 1. The number of allylic oxidation sites excluding steroid dienone is 2. The number of benzene rings is 1. The highest BCUT2D eigenvalue weighted by molar-refractivity contribution is 7.90. The number of pyridine rings is 2. The molecule has 0 fully saturated rings. The highest BCUT2D eigenvalue weighted by atomic mass is 32.2. The minimum Gasteiger partial charge on any atom is -0.384 e. The van der Waals surface area contributed by atoms with E-state index in [1.807, 2.05) is 19.9 Å². The molecular formula is C26H29N5O3S. The van der Waals surface area contributed by atoms with Crippen LogP contribution in [0.3, 0.4) is 0 Å². The van der Waals surface area contributed by atoms with Crippen LogP contribution in [0.25, 0.3) is 10.9 Å². The Bertz CT molecular complexity index is 1450. The molecule has 0 unspecified atom stereocenters. The lowest BCUT2D eigenvalue weighted by atomic mass is 10.1. The second-order valence-corrected chi connectivity index (χ2v) is 10.5. The third kappa shape index (κ3) is 6.83. The van der Waals surface area contributed by atoms with E-state index in [1.54, 1.807) is 43.5 Å². The van der Waals surface area contributed by atoms with Crippen LogP contribution in [0.5, 0.6) is 0 Å². The number of carbonyl (C=O) groups is 1. The lowest BCUT2D eigenvalue weighted by molar-refractivity contribution is -0.117. The summed E-state index contributed by atoms with van der Waals surface area (Å²) in [5.41, 5.74) is 11.1. The predicted molar refractivity (Wildman–Crippen MR) is 140 cm³/mol. The van der Waals surface area contributed by atoms with Crippen LogP contribution in [-0.2, 0) is 27.6 Å². The van der Waals surface area contributed by atoms with Gasteiger partial charge in [-0.1, -0.05) is 6.58 Å². The number of aryl methyl sites for hydroxylation is 2. The molecule has 3 N–H and O–H groups in total. The normalized spacial score (nSPS) is 12.3. The first-order chi connectivity index (χ1) is 16.4. The van der Waals surface area contributed by atoms with Crippen molar-refractivity contribution >= 4 is 38.7 Å². The Hall–Kier alpha value is -3.85. The van der Waals surface area contributed by atoms with Crippen LogP contribution in [0.1, 0.15) is 29.3 Å². The van der Waals surface area contributed by atoms with Crippen LogP contribution < -0.4 is 11.1 Å².